The second kappa shape index (κ2) is 5.17. The van der Waals surface area contributed by atoms with Crippen molar-refractivity contribution in [2.45, 2.75) is 19.9 Å². The van der Waals surface area contributed by atoms with Crippen molar-refractivity contribution in [1.82, 2.24) is 9.97 Å². The average molecular weight is 286 g/mol. The largest absolute Gasteiger partial charge is 0.399 e. The highest BCUT2D eigenvalue weighted by atomic mass is 32.1. The summed E-state index contributed by atoms with van der Waals surface area (Å²) in [6.45, 7) is 4.41. The van der Waals surface area contributed by atoms with Crippen LogP contribution in [0.4, 0.5) is 11.6 Å². The Balaban J connectivity index is 1.90. The van der Waals surface area contributed by atoms with Gasteiger partial charge in [0.25, 0.3) is 0 Å². The maximum absolute atomic E-state index is 5.79. The molecule has 0 aliphatic heterocycles. The predicted octanol–water partition coefficient (Wildman–Crippen LogP) is 4.02. The van der Waals surface area contributed by atoms with E-state index in [9.17, 15) is 0 Å². The molecule has 0 spiro atoms. The number of imidazole rings is 1. The fourth-order valence-corrected chi connectivity index (χ4v) is 3.23. The van der Waals surface area contributed by atoms with Gasteiger partial charge in [-0.15, -0.1) is 11.3 Å². The highest BCUT2D eigenvalue weighted by Crippen LogP contribution is 2.29. The van der Waals surface area contributed by atoms with Crippen LogP contribution in [0.5, 0.6) is 0 Å². The molecule has 1 atom stereocenters. The van der Waals surface area contributed by atoms with Crippen LogP contribution in [-0.4, -0.2) is 9.97 Å². The van der Waals surface area contributed by atoms with Gasteiger partial charge in [0.05, 0.1) is 17.1 Å². The topological polar surface area (TPSA) is 66.7 Å². The van der Waals surface area contributed by atoms with Crippen molar-refractivity contribution in [2.24, 2.45) is 5.92 Å². The molecule has 0 saturated carbocycles. The minimum absolute atomic E-state index is 0.257. The molecule has 1 aromatic carbocycles. The van der Waals surface area contributed by atoms with E-state index >= 15 is 0 Å². The molecule has 2 heterocycles. The van der Waals surface area contributed by atoms with E-state index in [1.807, 2.05) is 18.2 Å². The van der Waals surface area contributed by atoms with Crippen LogP contribution in [0.3, 0.4) is 0 Å². The smallest absolute Gasteiger partial charge is 0.201 e. The van der Waals surface area contributed by atoms with Crippen LogP contribution < -0.4 is 11.1 Å². The lowest BCUT2D eigenvalue weighted by Gasteiger charge is -2.20. The summed E-state index contributed by atoms with van der Waals surface area (Å²) in [5.41, 5.74) is 8.42. The van der Waals surface area contributed by atoms with Gasteiger partial charge in [-0.25, -0.2) is 4.98 Å². The Morgan fingerprint density at radius 3 is 2.85 bits per heavy atom. The fourth-order valence-electron chi connectivity index (χ4n) is 2.28. The third kappa shape index (κ3) is 2.49. The Hall–Kier alpha value is -2.01. The van der Waals surface area contributed by atoms with E-state index in [4.69, 9.17) is 5.73 Å². The van der Waals surface area contributed by atoms with E-state index in [1.54, 1.807) is 11.3 Å². The Kier molecular flexibility index (Phi) is 3.36. The number of H-pyrrole nitrogens is 1. The molecule has 3 rings (SSSR count). The summed E-state index contributed by atoms with van der Waals surface area (Å²) in [5.74, 6) is 1.27. The van der Waals surface area contributed by atoms with Crippen LogP contribution in [0.2, 0.25) is 0 Å². The number of nitrogens with two attached hydrogens (primary N) is 1. The van der Waals surface area contributed by atoms with Crippen molar-refractivity contribution < 1.29 is 0 Å². The van der Waals surface area contributed by atoms with Crippen molar-refractivity contribution in [1.29, 1.82) is 0 Å². The molecule has 2 aromatic heterocycles. The number of hydrogen-bond donors (Lipinski definition) is 3. The van der Waals surface area contributed by atoms with Gasteiger partial charge in [0.1, 0.15) is 0 Å². The molecule has 1 unspecified atom stereocenters. The van der Waals surface area contributed by atoms with E-state index in [1.165, 1.54) is 4.88 Å². The lowest BCUT2D eigenvalue weighted by molar-refractivity contribution is 0.551. The first-order valence-electron chi connectivity index (χ1n) is 6.68. The van der Waals surface area contributed by atoms with Crippen LogP contribution in [0.15, 0.2) is 35.7 Å². The van der Waals surface area contributed by atoms with Crippen molar-refractivity contribution in [3.63, 3.8) is 0 Å². The Bertz CT molecular complexity index is 700. The van der Waals surface area contributed by atoms with E-state index in [-0.39, 0.29) is 6.04 Å². The second-order valence-electron chi connectivity index (χ2n) is 5.24. The van der Waals surface area contributed by atoms with Crippen molar-refractivity contribution >= 4 is 34.0 Å². The molecule has 4 nitrogen and oxygen atoms in total. The number of rotatable bonds is 4. The zero-order chi connectivity index (χ0) is 14.1. The van der Waals surface area contributed by atoms with Crippen molar-refractivity contribution in [3.8, 4) is 0 Å². The number of nitrogens with one attached hydrogen (secondary N) is 2. The van der Waals surface area contributed by atoms with Gasteiger partial charge in [-0.2, -0.15) is 0 Å². The fraction of sp³-hybridized carbons (Fsp3) is 0.267. The van der Waals surface area contributed by atoms with Gasteiger partial charge in [0.2, 0.25) is 5.95 Å². The second-order valence-corrected chi connectivity index (χ2v) is 6.22. The highest BCUT2D eigenvalue weighted by Gasteiger charge is 2.18. The summed E-state index contributed by atoms with van der Waals surface area (Å²) in [7, 11) is 0. The van der Waals surface area contributed by atoms with E-state index in [2.05, 4.69) is 46.6 Å². The Labute approximate surface area is 122 Å². The van der Waals surface area contributed by atoms with Crippen molar-refractivity contribution in [2.75, 3.05) is 11.1 Å². The van der Waals surface area contributed by atoms with E-state index < -0.39 is 0 Å². The molecule has 104 valence electrons. The number of nitrogens with zero attached hydrogens (tertiary/aromatic N) is 1. The molecule has 20 heavy (non-hydrogen) atoms. The number of aromatic nitrogens is 2. The lowest BCUT2D eigenvalue weighted by atomic mass is 10.0. The molecular formula is C15H18N4S. The average Bonchev–Trinajstić information content (AvgIpc) is 3.03. The molecule has 4 N–H and O–H groups in total. The number of fused-ring (bicyclic) bond motifs is 1. The molecule has 0 saturated heterocycles. The Morgan fingerprint density at radius 1 is 1.30 bits per heavy atom. The number of nitrogen functional groups attached to an aromatic ring is 1. The summed E-state index contributed by atoms with van der Waals surface area (Å²) in [5, 5.41) is 5.60. The predicted molar refractivity (Wildman–Crippen MR) is 86.0 cm³/mol. The maximum Gasteiger partial charge on any atom is 0.201 e. The minimum Gasteiger partial charge on any atom is -0.399 e. The van der Waals surface area contributed by atoms with Gasteiger partial charge in [-0.3, -0.25) is 0 Å². The summed E-state index contributed by atoms with van der Waals surface area (Å²) in [6, 6.07) is 10.2. The van der Waals surface area contributed by atoms with Crippen LogP contribution in [0.1, 0.15) is 24.8 Å². The normalized spacial score (nSPS) is 12.9. The van der Waals surface area contributed by atoms with Gasteiger partial charge in [-0.1, -0.05) is 19.9 Å². The monoisotopic (exact) mass is 286 g/mol. The zero-order valence-corrected chi connectivity index (χ0v) is 12.4. The van der Waals surface area contributed by atoms with Gasteiger partial charge in [-0.05, 0) is 35.6 Å². The van der Waals surface area contributed by atoms with Crippen molar-refractivity contribution in [3.05, 3.63) is 40.6 Å². The molecule has 0 aliphatic rings. The van der Waals surface area contributed by atoms with Crippen LogP contribution in [0.25, 0.3) is 11.0 Å². The van der Waals surface area contributed by atoms with Crippen LogP contribution in [0, 0.1) is 5.92 Å². The molecule has 0 aliphatic carbocycles. The van der Waals surface area contributed by atoms with Crippen LogP contribution >= 0.6 is 11.3 Å². The summed E-state index contributed by atoms with van der Waals surface area (Å²) in [4.78, 5) is 9.17. The lowest BCUT2D eigenvalue weighted by Crippen LogP contribution is -2.16. The maximum atomic E-state index is 5.79. The molecule has 3 aromatic rings. The first kappa shape index (κ1) is 13.0. The molecular weight excluding hydrogens is 268 g/mol. The highest BCUT2D eigenvalue weighted by molar-refractivity contribution is 7.10. The van der Waals surface area contributed by atoms with Gasteiger partial charge < -0.3 is 16.0 Å². The molecule has 0 fully saturated rings. The summed E-state index contributed by atoms with van der Waals surface area (Å²) >= 11 is 1.76. The zero-order valence-electron chi connectivity index (χ0n) is 11.6. The number of hydrogen-bond acceptors (Lipinski definition) is 4. The summed E-state index contributed by atoms with van der Waals surface area (Å²) < 4.78 is 0. The number of aromatic amines is 1. The third-order valence-electron chi connectivity index (χ3n) is 3.31. The van der Waals surface area contributed by atoms with Crippen LogP contribution in [-0.2, 0) is 0 Å². The van der Waals surface area contributed by atoms with E-state index in [0.717, 1.165) is 22.7 Å². The molecule has 0 bridgehead atoms. The standard InChI is InChI=1S/C15H18N4S/c1-9(2)14(13-4-3-7-20-13)19-15-17-11-6-5-10(16)8-12(11)18-15/h3-9,14H,16H2,1-2H3,(H2,17,18,19). The minimum atomic E-state index is 0.257. The first-order valence-corrected chi connectivity index (χ1v) is 7.56. The molecule has 5 heteroatoms. The SMILES string of the molecule is CC(C)C(Nc1nc2ccc(N)cc2[nH]1)c1cccs1. The van der Waals surface area contributed by atoms with Gasteiger partial charge >= 0.3 is 0 Å². The molecule has 0 amide bonds. The first-order chi connectivity index (χ1) is 9.63. The number of anilines is 2. The van der Waals surface area contributed by atoms with E-state index in [0.29, 0.717) is 5.92 Å². The van der Waals surface area contributed by atoms with Gasteiger partial charge in [0, 0.05) is 10.6 Å². The quantitative estimate of drug-likeness (QED) is 0.635. The third-order valence-corrected chi connectivity index (χ3v) is 4.27. The number of thiophene rings is 1. The summed E-state index contributed by atoms with van der Waals surface area (Å²) in [6.07, 6.45) is 0. The number of benzene rings is 1. The van der Waals surface area contributed by atoms with Gasteiger partial charge in [0.15, 0.2) is 0 Å². The Morgan fingerprint density at radius 2 is 2.15 bits per heavy atom. The molecule has 0 radical (unpaired) electrons.